The quantitative estimate of drug-likeness (QED) is 0.139. The maximum absolute atomic E-state index is 13.2. The lowest BCUT2D eigenvalue weighted by Crippen LogP contribution is -2.32. The number of aromatic nitrogens is 8. The number of benzene rings is 4. The third kappa shape index (κ3) is 11.7. The molecule has 0 radical (unpaired) electrons. The van der Waals surface area contributed by atoms with E-state index in [0.29, 0.717) is 21.9 Å². The summed E-state index contributed by atoms with van der Waals surface area (Å²) in [4.78, 5) is 22.0. The molecule has 2 fully saturated rings. The van der Waals surface area contributed by atoms with E-state index in [2.05, 4.69) is 50.1 Å². The molecule has 16 heteroatoms. The van der Waals surface area contributed by atoms with Crippen molar-refractivity contribution >= 4 is 48.0 Å². The van der Waals surface area contributed by atoms with Gasteiger partial charge in [-0.3, -0.25) is 20.0 Å². The van der Waals surface area contributed by atoms with Gasteiger partial charge in [0.15, 0.2) is 0 Å². The van der Waals surface area contributed by atoms with Gasteiger partial charge in [-0.05, 0) is 124 Å². The number of halogens is 6. The fourth-order valence-corrected chi connectivity index (χ4v) is 9.04. The molecule has 6 heterocycles. The number of hydrogen-bond donors (Lipinski definition) is 2. The lowest BCUT2D eigenvalue weighted by atomic mass is 9.88. The minimum absolute atomic E-state index is 0. The molecule has 2 aliphatic rings. The summed E-state index contributed by atoms with van der Waals surface area (Å²) in [5, 5.41) is 17.4. The van der Waals surface area contributed by atoms with Crippen molar-refractivity contribution in [1.29, 1.82) is 0 Å². The SMILES string of the molecule is Cl.Cl.Fc1ccc(CN2CCC(c3[nH]nc(-c4ccc(Cl)cc4)c3-c3ccncn3)CC2)cc1.Fc1ccc(CN2CCC(c3[nH]nc(-c4ccc(Cl)cc4)c3-c3ccncn3)CC2)cc1. The average molecular weight is 969 g/mol. The molecule has 340 valence electrons. The van der Waals surface area contributed by atoms with Crippen molar-refractivity contribution in [3.8, 4) is 45.0 Å². The number of nitrogens with zero attached hydrogens (tertiary/aromatic N) is 8. The molecular formula is C50H48Cl4F2N10. The van der Waals surface area contributed by atoms with Gasteiger partial charge in [-0.25, -0.2) is 28.7 Å². The highest BCUT2D eigenvalue weighted by atomic mass is 35.5. The normalized spacial score (nSPS) is 14.7. The first kappa shape index (κ1) is 48.3. The molecule has 66 heavy (non-hydrogen) atoms. The van der Waals surface area contributed by atoms with Gasteiger partial charge in [-0.2, -0.15) is 10.2 Å². The third-order valence-corrected chi connectivity index (χ3v) is 12.6. The number of piperidine rings is 2. The molecule has 0 amide bonds. The van der Waals surface area contributed by atoms with Crippen molar-refractivity contribution in [2.45, 2.75) is 50.6 Å². The van der Waals surface area contributed by atoms with Crippen molar-refractivity contribution in [3.63, 3.8) is 0 Å². The third-order valence-electron chi connectivity index (χ3n) is 12.1. The summed E-state index contributed by atoms with van der Waals surface area (Å²) in [6.07, 6.45) is 10.7. The summed E-state index contributed by atoms with van der Waals surface area (Å²) in [6.45, 7) is 5.57. The van der Waals surface area contributed by atoms with Crippen LogP contribution in [0.5, 0.6) is 0 Å². The number of nitrogens with one attached hydrogen (secondary N) is 2. The minimum Gasteiger partial charge on any atom is -0.299 e. The summed E-state index contributed by atoms with van der Waals surface area (Å²) < 4.78 is 26.4. The Hall–Kier alpha value is -5.60. The van der Waals surface area contributed by atoms with E-state index >= 15 is 0 Å². The van der Waals surface area contributed by atoms with Crippen LogP contribution in [0.2, 0.25) is 10.0 Å². The molecule has 4 aromatic heterocycles. The van der Waals surface area contributed by atoms with E-state index < -0.39 is 0 Å². The number of hydrogen-bond acceptors (Lipinski definition) is 8. The van der Waals surface area contributed by atoms with Gasteiger partial charge >= 0.3 is 0 Å². The summed E-state index contributed by atoms with van der Waals surface area (Å²) >= 11 is 12.2. The molecule has 2 saturated heterocycles. The average Bonchev–Trinajstić information content (AvgIpc) is 3.99. The van der Waals surface area contributed by atoms with E-state index in [9.17, 15) is 8.78 Å². The number of H-pyrrole nitrogens is 2. The van der Waals surface area contributed by atoms with Crippen molar-refractivity contribution in [3.05, 3.63) is 178 Å². The Labute approximate surface area is 405 Å². The van der Waals surface area contributed by atoms with Crippen LogP contribution in [0, 0.1) is 11.6 Å². The first-order chi connectivity index (χ1) is 31.3. The Balaban J connectivity index is 0.000000191. The molecule has 0 unspecified atom stereocenters. The van der Waals surface area contributed by atoms with E-state index in [4.69, 9.17) is 23.2 Å². The second-order valence-corrected chi connectivity index (χ2v) is 17.2. The van der Waals surface area contributed by atoms with E-state index in [1.165, 1.54) is 24.3 Å². The predicted molar refractivity (Wildman–Crippen MR) is 262 cm³/mol. The number of rotatable bonds is 10. The van der Waals surface area contributed by atoms with Gasteiger partial charge in [0, 0.05) is 81.0 Å². The van der Waals surface area contributed by atoms with Crippen LogP contribution in [0.3, 0.4) is 0 Å². The summed E-state index contributed by atoms with van der Waals surface area (Å²) in [7, 11) is 0. The second-order valence-electron chi connectivity index (χ2n) is 16.3. The predicted octanol–water partition coefficient (Wildman–Crippen LogP) is 12.3. The van der Waals surface area contributed by atoms with Crippen LogP contribution in [-0.2, 0) is 13.1 Å². The van der Waals surface area contributed by atoms with Crippen molar-refractivity contribution in [1.82, 2.24) is 50.1 Å². The van der Waals surface area contributed by atoms with Gasteiger partial charge in [0.25, 0.3) is 0 Å². The van der Waals surface area contributed by atoms with Crippen LogP contribution in [-0.4, -0.2) is 76.3 Å². The van der Waals surface area contributed by atoms with Gasteiger partial charge in [0.05, 0.1) is 11.4 Å². The smallest absolute Gasteiger partial charge is 0.123 e. The molecule has 0 aliphatic carbocycles. The first-order valence-electron chi connectivity index (χ1n) is 21.5. The Morgan fingerprint density at radius 2 is 0.864 bits per heavy atom. The molecule has 0 spiro atoms. The molecular weight excluding hydrogens is 920 g/mol. The zero-order valence-electron chi connectivity index (χ0n) is 35.8. The highest BCUT2D eigenvalue weighted by Gasteiger charge is 2.29. The lowest BCUT2D eigenvalue weighted by Gasteiger charge is -2.32. The summed E-state index contributed by atoms with van der Waals surface area (Å²) in [5.41, 5.74) is 12.1. The highest BCUT2D eigenvalue weighted by Crippen LogP contribution is 2.41. The largest absolute Gasteiger partial charge is 0.299 e. The van der Waals surface area contributed by atoms with Gasteiger partial charge in [0.2, 0.25) is 0 Å². The van der Waals surface area contributed by atoms with Crippen LogP contribution in [0.4, 0.5) is 8.78 Å². The Kier molecular flexibility index (Phi) is 16.6. The number of aromatic amines is 2. The molecule has 2 N–H and O–H groups in total. The molecule has 0 saturated carbocycles. The zero-order valence-corrected chi connectivity index (χ0v) is 39.0. The van der Waals surface area contributed by atoms with Crippen LogP contribution in [0.1, 0.15) is 60.0 Å². The maximum atomic E-state index is 13.2. The van der Waals surface area contributed by atoms with Crippen LogP contribution in [0.15, 0.2) is 134 Å². The zero-order chi connectivity index (χ0) is 43.8. The molecule has 10 nitrogen and oxygen atoms in total. The van der Waals surface area contributed by atoms with E-state index in [0.717, 1.165) is 132 Å². The van der Waals surface area contributed by atoms with Gasteiger partial charge in [-0.1, -0.05) is 71.7 Å². The monoisotopic (exact) mass is 966 g/mol. The molecule has 0 bridgehead atoms. The van der Waals surface area contributed by atoms with Crippen LogP contribution >= 0.6 is 48.0 Å². The molecule has 0 atom stereocenters. The Morgan fingerprint density at radius 1 is 0.500 bits per heavy atom. The maximum Gasteiger partial charge on any atom is 0.123 e. The molecule has 10 rings (SSSR count). The fraction of sp³-hybridized carbons (Fsp3) is 0.240. The van der Waals surface area contributed by atoms with Gasteiger partial charge in [-0.15, -0.1) is 24.8 Å². The lowest BCUT2D eigenvalue weighted by molar-refractivity contribution is 0.203. The van der Waals surface area contributed by atoms with Crippen molar-refractivity contribution in [2.24, 2.45) is 0 Å². The standard InChI is InChI=1S/2C25H23ClFN5.2ClH/c2*26-20-5-3-18(4-6-20)24-23(22-9-12-28-16-29-22)25(31-30-24)19-10-13-32(14-11-19)15-17-1-7-21(27)8-2-17;;/h2*1-9,12,16,19H,10-11,13-15H2,(H,30,31);2*1H. The molecule has 4 aromatic carbocycles. The van der Waals surface area contributed by atoms with Crippen LogP contribution in [0.25, 0.3) is 45.0 Å². The molecule has 8 aromatic rings. The van der Waals surface area contributed by atoms with Crippen LogP contribution < -0.4 is 0 Å². The van der Waals surface area contributed by atoms with Gasteiger partial charge < -0.3 is 0 Å². The van der Waals surface area contributed by atoms with Crippen molar-refractivity contribution in [2.75, 3.05) is 26.2 Å². The highest BCUT2D eigenvalue weighted by molar-refractivity contribution is 6.31. The van der Waals surface area contributed by atoms with E-state index in [-0.39, 0.29) is 36.4 Å². The van der Waals surface area contributed by atoms with E-state index in [1.807, 2.05) is 84.9 Å². The fourth-order valence-electron chi connectivity index (χ4n) is 8.79. The van der Waals surface area contributed by atoms with E-state index in [1.54, 1.807) is 25.0 Å². The van der Waals surface area contributed by atoms with Crippen molar-refractivity contribution < 1.29 is 8.78 Å². The van der Waals surface area contributed by atoms with Gasteiger partial charge in [0.1, 0.15) is 35.7 Å². The molecule has 2 aliphatic heterocycles. The second kappa shape index (κ2) is 22.7. The summed E-state index contributed by atoms with van der Waals surface area (Å²) in [5.74, 6) is 0.330. The number of likely N-dealkylation sites (tertiary alicyclic amines) is 2. The minimum atomic E-state index is -0.194. The Bertz CT molecular complexity index is 2530. The summed E-state index contributed by atoms with van der Waals surface area (Å²) in [6, 6.07) is 32.9. The Morgan fingerprint density at radius 3 is 1.20 bits per heavy atom. The topological polar surface area (TPSA) is 115 Å². The first-order valence-corrected chi connectivity index (χ1v) is 22.2.